The van der Waals surface area contributed by atoms with Crippen molar-refractivity contribution in [1.29, 1.82) is 0 Å². The molecule has 3 rings (SSSR count). The molecule has 0 bridgehead atoms. The van der Waals surface area contributed by atoms with Gasteiger partial charge in [-0.05, 0) is 31.4 Å². The third-order valence-electron chi connectivity index (χ3n) is 4.94. The Morgan fingerprint density at radius 1 is 1.23 bits per heavy atom. The molecule has 2 N–H and O–H groups in total. The van der Waals surface area contributed by atoms with Gasteiger partial charge in [-0.2, -0.15) is 0 Å². The Morgan fingerprint density at radius 3 is 2.46 bits per heavy atom. The molecule has 1 aromatic carbocycles. The number of rotatable bonds is 3. The van der Waals surface area contributed by atoms with Crippen molar-refractivity contribution in [1.82, 2.24) is 15.5 Å². The summed E-state index contributed by atoms with van der Waals surface area (Å²) in [6.45, 7) is 2.40. The third kappa shape index (κ3) is 4.71. The number of nitrogens with zero attached hydrogens (tertiary/aromatic N) is 1. The molecule has 2 amide bonds. The van der Waals surface area contributed by atoms with Crippen molar-refractivity contribution in [2.24, 2.45) is 0 Å². The molecule has 5 nitrogen and oxygen atoms in total. The minimum Gasteiger partial charge on any atom is -0.349 e. The van der Waals surface area contributed by atoms with E-state index in [1.807, 2.05) is 25.1 Å². The molecular formula is C18H24ClF2N3O2. The number of carbonyl (C=O) groups excluding carboxylic acids is 2. The molecule has 2 saturated heterocycles. The standard InChI is InChI=1S/C18H23F2N3O2.ClH/c1-12-4-2-3-5-14(12)16(24)22-13-6-8-23(9-7-13)17(25)15-10-18(19,20)11-21-15;/h2-5,13,15,21H,6-11H2,1H3,(H,22,24);1H. The summed E-state index contributed by atoms with van der Waals surface area (Å²) in [4.78, 5) is 26.3. The Morgan fingerprint density at radius 2 is 1.88 bits per heavy atom. The maximum atomic E-state index is 13.2. The van der Waals surface area contributed by atoms with E-state index in [0.29, 0.717) is 31.5 Å². The number of aryl methyl sites for hydroxylation is 1. The van der Waals surface area contributed by atoms with Gasteiger partial charge in [0.15, 0.2) is 0 Å². The maximum absolute atomic E-state index is 13.2. The highest BCUT2D eigenvalue weighted by Crippen LogP contribution is 2.26. The summed E-state index contributed by atoms with van der Waals surface area (Å²) in [6.07, 6.45) is 0.828. The number of halogens is 3. The molecule has 0 aliphatic carbocycles. The Kier molecular flexibility index (Phi) is 6.58. The normalized spacial score (nSPS) is 22.6. The van der Waals surface area contributed by atoms with E-state index in [0.717, 1.165) is 5.56 Å². The first-order chi connectivity index (χ1) is 11.9. The molecule has 0 radical (unpaired) electrons. The van der Waals surface area contributed by atoms with Gasteiger partial charge in [0.05, 0.1) is 12.6 Å². The van der Waals surface area contributed by atoms with Gasteiger partial charge in [-0.15, -0.1) is 12.4 Å². The van der Waals surface area contributed by atoms with Gasteiger partial charge in [-0.25, -0.2) is 8.78 Å². The lowest BCUT2D eigenvalue weighted by molar-refractivity contribution is -0.134. The number of hydrogen-bond acceptors (Lipinski definition) is 3. The zero-order valence-corrected chi connectivity index (χ0v) is 15.5. The largest absolute Gasteiger partial charge is 0.349 e. The van der Waals surface area contributed by atoms with Crippen LogP contribution in [0.4, 0.5) is 8.78 Å². The third-order valence-corrected chi connectivity index (χ3v) is 4.94. The molecule has 26 heavy (non-hydrogen) atoms. The van der Waals surface area contributed by atoms with Gasteiger partial charge in [-0.3, -0.25) is 14.9 Å². The number of nitrogens with one attached hydrogen (secondary N) is 2. The number of hydrogen-bond donors (Lipinski definition) is 2. The van der Waals surface area contributed by atoms with Crippen LogP contribution in [0, 0.1) is 6.92 Å². The van der Waals surface area contributed by atoms with Crippen LogP contribution in [0.3, 0.4) is 0 Å². The Hall–Kier alpha value is -1.73. The van der Waals surface area contributed by atoms with Crippen molar-refractivity contribution in [3.8, 4) is 0 Å². The molecule has 1 unspecified atom stereocenters. The van der Waals surface area contributed by atoms with Crippen LogP contribution in [0.5, 0.6) is 0 Å². The lowest BCUT2D eigenvalue weighted by atomic mass is 10.0. The SMILES string of the molecule is Cc1ccccc1C(=O)NC1CCN(C(=O)C2CC(F)(F)CN2)CC1.Cl. The van der Waals surface area contributed by atoms with E-state index in [4.69, 9.17) is 0 Å². The first-order valence-electron chi connectivity index (χ1n) is 8.62. The van der Waals surface area contributed by atoms with Crippen LogP contribution < -0.4 is 10.6 Å². The molecule has 2 fully saturated rings. The highest BCUT2D eigenvalue weighted by atomic mass is 35.5. The second-order valence-corrected chi connectivity index (χ2v) is 6.88. The van der Waals surface area contributed by atoms with E-state index < -0.39 is 24.9 Å². The summed E-state index contributed by atoms with van der Waals surface area (Å²) in [5.74, 6) is -3.18. The van der Waals surface area contributed by atoms with Gasteiger partial charge in [0, 0.05) is 31.1 Å². The van der Waals surface area contributed by atoms with Gasteiger partial charge in [-0.1, -0.05) is 18.2 Å². The summed E-state index contributed by atoms with van der Waals surface area (Å²) in [5.41, 5.74) is 1.57. The predicted molar refractivity (Wildman–Crippen MR) is 96.8 cm³/mol. The van der Waals surface area contributed by atoms with Gasteiger partial charge < -0.3 is 10.2 Å². The van der Waals surface area contributed by atoms with Crippen LogP contribution in [-0.2, 0) is 4.79 Å². The summed E-state index contributed by atoms with van der Waals surface area (Å²) in [7, 11) is 0. The summed E-state index contributed by atoms with van der Waals surface area (Å²) < 4.78 is 26.5. The number of likely N-dealkylation sites (tertiary alicyclic amines) is 1. The molecule has 1 atom stereocenters. The van der Waals surface area contributed by atoms with E-state index in [2.05, 4.69) is 10.6 Å². The number of amides is 2. The van der Waals surface area contributed by atoms with Crippen LogP contribution in [0.1, 0.15) is 35.2 Å². The highest BCUT2D eigenvalue weighted by Gasteiger charge is 2.43. The first-order valence-corrected chi connectivity index (χ1v) is 8.62. The quantitative estimate of drug-likeness (QED) is 0.835. The molecule has 2 aliphatic rings. The average Bonchev–Trinajstić information content (AvgIpc) is 2.95. The second kappa shape index (κ2) is 8.31. The first kappa shape index (κ1) is 20.6. The zero-order valence-electron chi connectivity index (χ0n) is 14.6. The van der Waals surface area contributed by atoms with Crippen LogP contribution in [-0.4, -0.2) is 54.4 Å². The highest BCUT2D eigenvalue weighted by molar-refractivity contribution is 5.95. The Balaban J connectivity index is 0.00000243. The maximum Gasteiger partial charge on any atom is 0.262 e. The topological polar surface area (TPSA) is 61.4 Å². The fourth-order valence-electron chi connectivity index (χ4n) is 3.45. The Bertz CT molecular complexity index is 664. The lowest BCUT2D eigenvalue weighted by Gasteiger charge is -2.34. The van der Waals surface area contributed by atoms with Crippen LogP contribution >= 0.6 is 12.4 Å². The van der Waals surface area contributed by atoms with Crippen LogP contribution in [0.15, 0.2) is 24.3 Å². The molecule has 2 aliphatic heterocycles. The Labute approximate surface area is 157 Å². The molecular weight excluding hydrogens is 364 g/mol. The number of carbonyl (C=O) groups is 2. The fourth-order valence-corrected chi connectivity index (χ4v) is 3.45. The average molecular weight is 388 g/mol. The smallest absolute Gasteiger partial charge is 0.262 e. The van der Waals surface area contributed by atoms with Crippen molar-refractivity contribution < 1.29 is 18.4 Å². The minimum absolute atomic E-state index is 0. The minimum atomic E-state index is -2.81. The van der Waals surface area contributed by atoms with Crippen LogP contribution in [0.2, 0.25) is 0 Å². The monoisotopic (exact) mass is 387 g/mol. The van der Waals surface area contributed by atoms with Crippen molar-refractivity contribution >= 4 is 24.2 Å². The predicted octanol–water partition coefficient (Wildman–Crippen LogP) is 2.13. The van der Waals surface area contributed by atoms with E-state index in [-0.39, 0.29) is 30.3 Å². The summed E-state index contributed by atoms with van der Waals surface area (Å²) in [6, 6.07) is 6.59. The molecule has 0 saturated carbocycles. The van der Waals surface area contributed by atoms with Gasteiger partial charge >= 0.3 is 0 Å². The second-order valence-electron chi connectivity index (χ2n) is 6.88. The van der Waals surface area contributed by atoms with E-state index >= 15 is 0 Å². The van der Waals surface area contributed by atoms with Crippen LogP contribution in [0.25, 0.3) is 0 Å². The molecule has 144 valence electrons. The fraction of sp³-hybridized carbons (Fsp3) is 0.556. The number of benzene rings is 1. The van der Waals surface area contributed by atoms with E-state index in [1.165, 1.54) is 0 Å². The van der Waals surface area contributed by atoms with Gasteiger partial charge in [0.2, 0.25) is 5.91 Å². The zero-order chi connectivity index (χ0) is 18.0. The van der Waals surface area contributed by atoms with E-state index in [1.54, 1.807) is 11.0 Å². The van der Waals surface area contributed by atoms with Gasteiger partial charge in [0.1, 0.15) is 0 Å². The molecule has 0 spiro atoms. The van der Waals surface area contributed by atoms with E-state index in [9.17, 15) is 18.4 Å². The van der Waals surface area contributed by atoms with Crippen molar-refractivity contribution in [3.05, 3.63) is 35.4 Å². The molecule has 1 aromatic rings. The molecule has 0 aromatic heterocycles. The van der Waals surface area contributed by atoms with Crippen molar-refractivity contribution in [2.45, 2.75) is 44.2 Å². The molecule has 2 heterocycles. The van der Waals surface area contributed by atoms with Gasteiger partial charge in [0.25, 0.3) is 11.8 Å². The summed E-state index contributed by atoms with van der Waals surface area (Å²) >= 11 is 0. The number of piperidine rings is 1. The summed E-state index contributed by atoms with van der Waals surface area (Å²) in [5, 5.41) is 5.61. The van der Waals surface area contributed by atoms with Crippen molar-refractivity contribution in [2.75, 3.05) is 19.6 Å². The molecule has 8 heteroatoms. The van der Waals surface area contributed by atoms with Crippen molar-refractivity contribution in [3.63, 3.8) is 0 Å². The lowest BCUT2D eigenvalue weighted by Crippen LogP contribution is -2.50. The number of alkyl halides is 2.